The van der Waals surface area contributed by atoms with Gasteiger partial charge in [-0.05, 0) is 12.1 Å². The third kappa shape index (κ3) is 1.44. The van der Waals surface area contributed by atoms with E-state index in [2.05, 4.69) is 16.1 Å². The van der Waals surface area contributed by atoms with Gasteiger partial charge in [-0.1, -0.05) is 6.07 Å². The van der Waals surface area contributed by atoms with Crippen molar-refractivity contribution in [2.45, 2.75) is 13.0 Å². The van der Waals surface area contributed by atoms with Crippen molar-refractivity contribution in [1.82, 2.24) is 15.0 Å². The molecular formula is C10H8FN3. The maximum atomic E-state index is 13.2. The summed E-state index contributed by atoms with van der Waals surface area (Å²) in [5.41, 5.74) is 0.853. The molecule has 1 heterocycles. The number of halogens is 1. The fourth-order valence-corrected chi connectivity index (χ4v) is 1.21. The van der Waals surface area contributed by atoms with Gasteiger partial charge in [0.25, 0.3) is 0 Å². The van der Waals surface area contributed by atoms with Crippen molar-refractivity contribution in [2.75, 3.05) is 0 Å². The number of hydrogen-bond acceptors (Lipinski definition) is 2. The van der Waals surface area contributed by atoms with E-state index in [9.17, 15) is 4.39 Å². The van der Waals surface area contributed by atoms with Gasteiger partial charge >= 0.3 is 0 Å². The number of aryl methyl sites for hydroxylation is 1. The number of benzene rings is 1. The predicted molar refractivity (Wildman–Crippen MR) is 50.9 cm³/mol. The van der Waals surface area contributed by atoms with Gasteiger partial charge in [0, 0.05) is 6.42 Å². The third-order valence-electron chi connectivity index (χ3n) is 1.86. The minimum absolute atomic E-state index is 0.296. The summed E-state index contributed by atoms with van der Waals surface area (Å²) in [6, 6.07) is 4.69. The Morgan fingerprint density at radius 3 is 3.00 bits per heavy atom. The van der Waals surface area contributed by atoms with E-state index >= 15 is 0 Å². The molecule has 2 aromatic rings. The monoisotopic (exact) mass is 189 g/mol. The molecule has 0 fully saturated rings. The Balaban J connectivity index is 2.42. The number of nitrogens with zero attached hydrogens (tertiary/aromatic N) is 3. The fourth-order valence-electron chi connectivity index (χ4n) is 1.21. The highest BCUT2D eigenvalue weighted by Gasteiger charge is 2.05. The van der Waals surface area contributed by atoms with E-state index in [1.165, 1.54) is 10.9 Å². The molecule has 3 nitrogen and oxygen atoms in total. The Labute approximate surface area is 80.5 Å². The van der Waals surface area contributed by atoms with Gasteiger partial charge in [-0.15, -0.1) is 12.3 Å². The van der Waals surface area contributed by atoms with Gasteiger partial charge in [0.1, 0.15) is 11.0 Å². The second kappa shape index (κ2) is 3.46. The second-order valence-electron chi connectivity index (χ2n) is 2.86. The Bertz CT molecular complexity index is 496. The van der Waals surface area contributed by atoms with Crippen molar-refractivity contribution in [2.24, 2.45) is 0 Å². The highest BCUT2D eigenvalue weighted by Crippen LogP contribution is 2.12. The average molecular weight is 189 g/mol. The highest BCUT2D eigenvalue weighted by atomic mass is 19.1. The first-order valence-electron chi connectivity index (χ1n) is 4.24. The molecule has 14 heavy (non-hydrogen) atoms. The van der Waals surface area contributed by atoms with Crippen LogP contribution in [0.25, 0.3) is 11.0 Å². The molecule has 0 atom stereocenters. The van der Waals surface area contributed by atoms with E-state index in [1.807, 2.05) is 0 Å². The normalized spacial score (nSPS) is 10.3. The summed E-state index contributed by atoms with van der Waals surface area (Å²) < 4.78 is 13.2. The lowest BCUT2D eigenvalue weighted by atomic mass is 10.3. The van der Waals surface area contributed by atoms with Crippen LogP contribution in [0.3, 0.4) is 0 Å². The molecular weight excluding hydrogens is 181 g/mol. The zero-order chi connectivity index (χ0) is 9.97. The Morgan fingerprint density at radius 2 is 2.29 bits per heavy atom. The maximum absolute atomic E-state index is 13.2. The van der Waals surface area contributed by atoms with Crippen LogP contribution in [0.1, 0.15) is 6.42 Å². The molecule has 70 valence electrons. The molecule has 4 heteroatoms. The first-order valence-corrected chi connectivity index (χ1v) is 4.24. The fraction of sp³-hybridized carbons (Fsp3) is 0.200. The topological polar surface area (TPSA) is 30.7 Å². The molecule has 1 aromatic heterocycles. The molecule has 0 N–H and O–H groups in total. The Morgan fingerprint density at radius 1 is 1.43 bits per heavy atom. The predicted octanol–water partition coefficient (Wildman–Crippen LogP) is 1.59. The highest BCUT2D eigenvalue weighted by molar-refractivity contribution is 5.73. The molecule has 0 spiro atoms. The van der Waals surface area contributed by atoms with E-state index in [1.54, 1.807) is 12.1 Å². The van der Waals surface area contributed by atoms with Crippen LogP contribution in [0.4, 0.5) is 4.39 Å². The van der Waals surface area contributed by atoms with Crippen LogP contribution in [0.2, 0.25) is 0 Å². The van der Waals surface area contributed by atoms with Crippen LogP contribution in [-0.2, 0) is 6.54 Å². The van der Waals surface area contributed by atoms with Gasteiger partial charge < -0.3 is 0 Å². The van der Waals surface area contributed by atoms with Gasteiger partial charge in [0.15, 0.2) is 5.82 Å². The van der Waals surface area contributed by atoms with Crippen molar-refractivity contribution >= 4 is 11.0 Å². The van der Waals surface area contributed by atoms with Crippen LogP contribution in [0.5, 0.6) is 0 Å². The maximum Gasteiger partial charge on any atom is 0.152 e. The van der Waals surface area contributed by atoms with Gasteiger partial charge in [0.05, 0.1) is 6.54 Å². The van der Waals surface area contributed by atoms with E-state index < -0.39 is 0 Å². The van der Waals surface area contributed by atoms with Crippen LogP contribution >= 0.6 is 0 Å². The second-order valence-corrected chi connectivity index (χ2v) is 2.86. The molecule has 0 aliphatic rings. The van der Waals surface area contributed by atoms with Gasteiger partial charge in [-0.3, -0.25) is 0 Å². The summed E-state index contributed by atoms with van der Waals surface area (Å²) in [5, 5.41) is 8.07. The Kier molecular flexibility index (Phi) is 2.15. The quantitative estimate of drug-likeness (QED) is 0.672. The molecule has 0 aliphatic carbocycles. The van der Waals surface area contributed by atoms with Crippen LogP contribution in [0.15, 0.2) is 18.2 Å². The number of aromatic nitrogens is 3. The van der Waals surface area contributed by atoms with Gasteiger partial charge in [-0.25, -0.2) is 4.39 Å². The summed E-state index contributed by atoms with van der Waals surface area (Å²) in [6.07, 6.45) is 5.65. The minimum atomic E-state index is -0.352. The van der Waals surface area contributed by atoms with Crippen molar-refractivity contribution in [3.63, 3.8) is 0 Å². The molecule has 0 aliphatic heterocycles. The van der Waals surface area contributed by atoms with E-state index in [0.717, 1.165) is 0 Å². The number of hydrogen-bond donors (Lipinski definition) is 0. The van der Waals surface area contributed by atoms with Gasteiger partial charge in [0.2, 0.25) is 0 Å². The summed E-state index contributed by atoms with van der Waals surface area (Å²) in [4.78, 5) is 1.42. The van der Waals surface area contributed by atoms with Crippen LogP contribution < -0.4 is 0 Å². The van der Waals surface area contributed by atoms with E-state index in [0.29, 0.717) is 24.0 Å². The standard InChI is InChI=1S/C10H8FN3/c1-2-3-7-14-12-9-6-4-5-8(11)10(9)13-14/h1,4-6H,3,7H2. The molecule has 0 bridgehead atoms. The first kappa shape index (κ1) is 8.70. The number of rotatable bonds is 2. The van der Waals surface area contributed by atoms with E-state index in [4.69, 9.17) is 6.42 Å². The molecule has 2 rings (SSSR count). The minimum Gasteiger partial charge on any atom is -0.204 e. The largest absolute Gasteiger partial charge is 0.204 e. The van der Waals surface area contributed by atoms with Crippen LogP contribution in [0, 0.1) is 18.2 Å². The first-order chi connectivity index (χ1) is 6.81. The summed E-state index contributed by atoms with van der Waals surface area (Å²) in [6.45, 7) is 0.518. The zero-order valence-electron chi connectivity index (χ0n) is 7.44. The van der Waals surface area contributed by atoms with Gasteiger partial charge in [-0.2, -0.15) is 15.0 Å². The molecule has 0 unspecified atom stereocenters. The molecule has 0 saturated carbocycles. The lowest BCUT2D eigenvalue weighted by Gasteiger charge is -1.91. The number of fused-ring (bicyclic) bond motifs is 1. The summed E-state index contributed by atoms with van der Waals surface area (Å²) >= 11 is 0. The lowest BCUT2D eigenvalue weighted by Crippen LogP contribution is -2.00. The smallest absolute Gasteiger partial charge is 0.152 e. The molecule has 0 radical (unpaired) electrons. The molecule has 0 saturated heterocycles. The van der Waals surface area contributed by atoms with Crippen molar-refractivity contribution in [1.29, 1.82) is 0 Å². The van der Waals surface area contributed by atoms with E-state index in [-0.39, 0.29) is 5.82 Å². The van der Waals surface area contributed by atoms with Crippen LogP contribution in [-0.4, -0.2) is 15.0 Å². The third-order valence-corrected chi connectivity index (χ3v) is 1.86. The average Bonchev–Trinajstić information content (AvgIpc) is 2.59. The lowest BCUT2D eigenvalue weighted by molar-refractivity contribution is 0.551. The van der Waals surface area contributed by atoms with Crippen molar-refractivity contribution in [3.8, 4) is 12.3 Å². The molecule has 1 aromatic carbocycles. The SMILES string of the molecule is C#CCCn1nc2cccc(F)c2n1. The molecule has 0 amide bonds. The summed E-state index contributed by atoms with van der Waals surface area (Å²) in [5.74, 6) is 2.13. The number of terminal acetylenes is 1. The Hall–Kier alpha value is -1.89. The summed E-state index contributed by atoms with van der Waals surface area (Å²) in [7, 11) is 0. The van der Waals surface area contributed by atoms with Crippen molar-refractivity contribution < 1.29 is 4.39 Å². The van der Waals surface area contributed by atoms with Crippen molar-refractivity contribution in [3.05, 3.63) is 24.0 Å². The zero-order valence-corrected chi connectivity index (χ0v) is 7.44.